The molecule has 0 unspecified atom stereocenters. The van der Waals surface area contributed by atoms with Gasteiger partial charge in [0.2, 0.25) is 11.9 Å². The van der Waals surface area contributed by atoms with E-state index in [1.165, 1.54) is 0 Å². The second-order valence-corrected chi connectivity index (χ2v) is 3.42. The summed E-state index contributed by atoms with van der Waals surface area (Å²) in [5, 5.41) is 0. The van der Waals surface area contributed by atoms with Crippen LogP contribution in [0.2, 0.25) is 0 Å². The van der Waals surface area contributed by atoms with Crippen molar-refractivity contribution in [2.24, 2.45) is 7.05 Å². The van der Waals surface area contributed by atoms with Crippen LogP contribution in [0.25, 0.3) is 0 Å². The summed E-state index contributed by atoms with van der Waals surface area (Å²) in [6.07, 6.45) is 5.03. The highest BCUT2D eigenvalue weighted by molar-refractivity contribution is 5.25. The van der Waals surface area contributed by atoms with E-state index in [0.29, 0.717) is 12.2 Å². The van der Waals surface area contributed by atoms with Crippen LogP contribution in [0, 0.1) is 0 Å². The van der Waals surface area contributed by atoms with E-state index >= 15 is 0 Å². The summed E-state index contributed by atoms with van der Waals surface area (Å²) in [5.74, 6) is 1.87. The molecule has 0 aromatic carbocycles. The fourth-order valence-electron chi connectivity index (χ4n) is 1.43. The molecule has 0 spiro atoms. The number of aromatic nitrogens is 5. The molecule has 0 atom stereocenters. The summed E-state index contributed by atoms with van der Waals surface area (Å²) in [4.78, 5) is 15.9. The minimum Gasteiger partial charge on any atom is -0.368 e. The highest BCUT2D eigenvalue weighted by atomic mass is 15.1. The lowest BCUT2D eigenvalue weighted by atomic mass is 10.3. The zero-order valence-electron chi connectivity index (χ0n) is 8.96. The number of rotatable bonds is 3. The first-order valence-corrected chi connectivity index (χ1v) is 4.87. The molecule has 84 valence electrons. The first kappa shape index (κ1) is 10.3. The molecular weight excluding hydrogens is 206 g/mol. The molecular formula is C9H13N7. The predicted octanol–water partition coefficient (Wildman–Crippen LogP) is -0.445. The summed E-state index contributed by atoms with van der Waals surface area (Å²) in [6.45, 7) is 0. The van der Waals surface area contributed by atoms with Crippen LogP contribution in [0.3, 0.4) is 0 Å². The standard InChI is InChI=1S/C9H13N7/c1-16-5-4-12-7(16)3-2-6-13-8(10)15-9(11)14-6/h4-5H,2-3H2,1H3,(H4,10,11,13,14,15). The molecule has 4 N–H and O–H groups in total. The Morgan fingerprint density at radius 1 is 1.12 bits per heavy atom. The molecule has 0 aliphatic heterocycles. The van der Waals surface area contributed by atoms with Crippen molar-refractivity contribution in [2.45, 2.75) is 12.8 Å². The van der Waals surface area contributed by atoms with E-state index in [9.17, 15) is 0 Å². The maximum Gasteiger partial charge on any atom is 0.225 e. The molecule has 0 amide bonds. The predicted molar refractivity (Wildman–Crippen MR) is 59.3 cm³/mol. The molecule has 0 aliphatic rings. The number of nitrogen functional groups attached to an aromatic ring is 2. The molecule has 7 heteroatoms. The van der Waals surface area contributed by atoms with Gasteiger partial charge in [-0.05, 0) is 0 Å². The van der Waals surface area contributed by atoms with Gasteiger partial charge in [0.05, 0.1) is 0 Å². The largest absolute Gasteiger partial charge is 0.368 e. The summed E-state index contributed by atoms with van der Waals surface area (Å²) in [6, 6.07) is 0. The van der Waals surface area contributed by atoms with E-state index in [1.807, 2.05) is 17.8 Å². The number of hydrogen-bond acceptors (Lipinski definition) is 6. The monoisotopic (exact) mass is 219 g/mol. The molecule has 2 aromatic heterocycles. The SMILES string of the molecule is Cn1ccnc1CCc1nc(N)nc(N)n1. The second kappa shape index (κ2) is 4.13. The average Bonchev–Trinajstić information content (AvgIpc) is 2.59. The van der Waals surface area contributed by atoms with Crippen LogP contribution in [0.15, 0.2) is 12.4 Å². The van der Waals surface area contributed by atoms with Gasteiger partial charge in [-0.1, -0.05) is 0 Å². The van der Waals surface area contributed by atoms with Crippen molar-refractivity contribution >= 4 is 11.9 Å². The van der Waals surface area contributed by atoms with Crippen LogP contribution in [-0.4, -0.2) is 24.5 Å². The van der Waals surface area contributed by atoms with Gasteiger partial charge in [0, 0.05) is 32.3 Å². The van der Waals surface area contributed by atoms with Crippen molar-refractivity contribution < 1.29 is 0 Å². The smallest absolute Gasteiger partial charge is 0.225 e. The summed E-state index contributed by atoms with van der Waals surface area (Å²) in [7, 11) is 1.94. The Morgan fingerprint density at radius 2 is 1.81 bits per heavy atom. The maximum atomic E-state index is 5.48. The van der Waals surface area contributed by atoms with Crippen molar-refractivity contribution in [3.63, 3.8) is 0 Å². The first-order valence-electron chi connectivity index (χ1n) is 4.87. The van der Waals surface area contributed by atoms with E-state index in [-0.39, 0.29) is 11.9 Å². The lowest BCUT2D eigenvalue weighted by molar-refractivity contribution is 0.746. The molecule has 0 saturated carbocycles. The molecule has 7 nitrogen and oxygen atoms in total. The highest BCUT2D eigenvalue weighted by Crippen LogP contribution is 2.03. The first-order chi connectivity index (χ1) is 7.65. The van der Waals surface area contributed by atoms with Crippen molar-refractivity contribution in [3.05, 3.63) is 24.0 Å². The van der Waals surface area contributed by atoms with Crippen LogP contribution in [0.5, 0.6) is 0 Å². The van der Waals surface area contributed by atoms with Crippen LogP contribution in [0.4, 0.5) is 11.9 Å². The summed E-state index contributed by atoms with van der Waals surface area (Å²) < 4.78 is 1.95. The third-order valence-corrected chi connectivity index (χ3v) is 2.21. The number of nitrogens with two attached hydrogens (primary N) is 2. The lowest BCUT2D eigenvalue weighted by Gasteiger charge is -2.02. The number of hydrogen-bond donors (Lipinski definition) is 2. The molecule has 0 aliphatic carbocycles. The quantitative estimate of drug-likeness (QED) is 0.724. The van der Waals surface area contributed by atoms with Crippen LogP contribution in [-0.2, 0) is 19.9 Å². The fourth-order valence-corrected chi connectivity index (χ4v) is 1.43. The zero-order valence-corrected chi connectivity index (χ0v) is 8.96. The molecule has 0 fully saturated rings. The van der Waals surface area contributed by atoms with Gasteiger partial charge >= 0.3 is 0 Å². The van der Waals surface area contributed by atoms with Gasteiger partial charge in [-0.2, -0.15) is 15.0 Å². The van der Waals surface area contributed by atoms with E-state index < -0.39 is 0 Å². The molecule has 0 bridgehead atoms. The fraction of sp³-hybridized carbons (Fsp3) is 0.333. The van der Waals surface area contributed by atoms with Gasteiger partial charge in [0.25, 0.3) is 0 Å². The number of aryl methyl sites for hydroxylation is 3. The summed E-state index contributed by atoms with van der Waals surface area (Å²) in [5.41, 5.74) is 11.0. The van der Waals surface area contributed by atoms with Crippen molar-refractivity contribution in [1.29, 1.82) is 0 Å². The van der Waals surface area contributed by atoms with E-state index in [4.69, 9.17) is 11.5 Å². The van der Waals surface area contributed by atoms with Crippen molar-refractivity contribution in [2.75, 3.05) is 11.5 Å². The molecule has 16 heavy (non-hydrogen) atoms. The van der Waals surface area contributed by atoms with Crippen molar-refractivity contribution in [3.8, 4) is 0 Å². The third kappa shape index (κ3) is 2.25. The lowest BCUT2D eigenvalue weighted by Crippen LogP contribution is -2.08. The Hall–Kier alpha value is -2.18. The van der Waals surface area contributed by atoms with Gasteiger partial charge in [-0.15, -0.1) is 0 Å². The second-order valence-electron chi connectivity index (χ2n) is 3.42. The molecule has 0 radical (unpaired) electrons. The average molecular weight is 219 g/mol. The van der Waals surface area contributed by atoms with Gasteiger partial charge in [-0.3, -0.25) is 0 Å². The Balaban J connectivity index is 2.07. The number of nitrogens with zero attached hydrogens (tertiary/aromatic N) is 5. The van der Waals surface area contributed by atoms with Gasteiger partial charge in [-0.25, -0.2) is 4.98 Å². The maximum absolute atomic E-state index is 5.48. The van der Waals surface area contributed by atoms with Gasteiger partial charge < -0.3 is 16.0 Å². The van der Waals surface area contributed by atoms with E-state index in [2.05, 4.69) is 19.9 Å². The molecule has 0 saturated heterocycles. The van der Waals surface area contributed by atoms with Gasteiger partial charge in [0.1, 0.15) is 11.6 Å². The number of anilines is 2. The minimum atomic E-state index is 0.155. The molecule has 2 heterocycles. The minimum absolute atomic E-state index is 0.155. The van der Waals surface area contributed by atoms with Crippen LogP contribution >= 0.6 is 0 Å². The Labute approximate surface area is 92.6 Å². The summed E-state index contributed by atoms with van der Waals surface area (Å²) >= 11 is 0. The van der Waals surface area contributed by atoms with Crippen LogP contribution in [0.1, 0.15) is 11.6 Å². The van der Waals surface area contributed by atoms with Crippen molar-refractivity contribution in [1.82, 2.24) is 24.5 Å². The number of imidazole rings is 1. The zero-order chi connectivity index (χ0) is 11.5. The van der Waals surface area contributed by atoms with E-state index in [1.54, 1.807) is 6.20 Å². The molecule has 2 rings (SSSR count). The Bertz CT molecular complexity index is 470. The molecule has 2 aromatic rings. The Morgan fingerprint density at radius 3 is 2.38 bits per heavy atom. The van der Waals surface area contributed by atoms with Crippen LogP contribution < -0.4 is 11.5 Å². The Kier molecular flexibility index (Phi) is 2.67. The highest BCUT2D eigenvalue weighted by Gasteiger charge is 2.04. The van der Waals surface area contributed by atoms with E-state index in [0.717, 1.165) is 12.2 Å². The van der Waals surface area contributed by atoms with Gasteiger partial charge in [0.15, 0.2) is 0 Å². The third-order valence-electron chi connectivity index (χ3n) is 2.21. The normalized spacial score (nSPS) is 10.6. The topological polar surface area (TPSA) is 109 Å².